The van der Waals surface area contributed by atoms with Crippen molar-refractivity contribution in [2.75, 3.05) is 9.80 Å². The fourth-order valence-corrected chi connectivity index (χ4v) is 6.97. The van der Waals surface area contributed by atoms with Crippen molar-refractivity contribution in [1.82, 2.24) is 0 Å². The molecular formula is C41H28N2. The third-order valence-corrected chi connectivity index (χ3v) is 8.96. The van der Waals surface area contributed by atoms with Crippen molar-refractivity contribution in [1.29, 1.82) is 0 Å². The van der Waals surface area contributed by atoms with Gasteiger partial charge in [0.25, 0.3) is 0 Å². The third-order valence-electron chi connectivity index (χ3n) is 8.96. The lowest BCUT2D eigenvalue weighted by Crippen LogP contribution is -2.12. The van der Waals surface area contributed by atoms with Crippen molar-refractivity contribution in [3.05, 3.63) is 167 Å². The van der Waals surface area contributed by atoms with Gasteiger partial charge in [-0.15, -0.1) is 0 Å². The normalized spacial score (nSPS) is 13.7. The van der Waals surface area contributed by atoms with Crippen LogP contribution in [0.4, 0.5) is 34.1 Å². The summed E-state index contributed by atoms with van der Waals surface area (Å²) >= 11 is 0. The quantitative estimate of drug-likeness (QED) is 0.212. The Morgan fingerprint density at radius 2 is 0.674 bits per heavy atom. The highest BCUT2D eigenvalue weighted by Gasteiger charge is 2.26. The summed E-state index contributed by atoms with van der Waals surface area (Å²) in [6.07, 6.45) is 9.83. The number of hydrogen-bond donors (Lipinski definition) is 0. The van der Waals surface area contributed by atoms with E-state index in [0.717, 1.165) is 6.42 Å². The summed E-state index contributed by atoms with van der Waals surface area (Å²) in [6.45, 7) is 0. The predicted molar refractivity (Wildman–Crippen MR) is 182 cm³/mol. The summed E-state index contributed by atoms with van der Waals surface area (Å²) in [7, 11) is 0. The maximum Gasteiger partial charge on any atom is 0.0534 e. The summed E-state index contributed by atoms with van der Waals surface area (Å²) in [4.78, 5) is 4.83. The number of para-hydroxylation sites is 4. The van der Waals surface area contributed by atoms with Crippen LogP contribution >= 0.6 is 0 Å². The highest BCUT2D eigenvalue weighted by molar-refractivity contribution is 5.96. The molecular weight excluding hydrogens is 520 g/mol. The van der Waals surface area contributed by atoms with Crippen molar-refractivity contribution in [2.24, 2.45) is 0 Å². The molecule has 1 aliphatic carbocycles. The second-order valence-corrected chi connectivity index (χ2v) is 11.4. The van der Waals surface area contributed by atoms with E-state index in [1.807, 2.05) is 0 Å². The minimum Gasteiger partial charge on any atom is -0.309 e. The van der Waals surface area contributed by atoms with E-state index in [4.69, 9.17) is 0 Å². The van der Waals surface area contributed by atoms with E-state index in [0.29, 0.717) is 0 Å². The fraction of sp³-hybridized carbons (Fsp3) is 0.0244. The number of anilines is 6. The van der Waals surface area contributed by atoms with Gasteiger partial charge in [0.1, 0.15) is 0 Å². The Labute approximate surface area is 252 Å². The Bertz CT molecular complexity index is 1880. The second-order valence-electron chi connectivity index (χ2n) is 11.4. The molecule has 0 radical (unpaired) electrons. The topological polar surface area (TPSA) is 6.48 Å². The molecule has 0 bridgehead atoms. The van der Waals surface area contributed by atoms with Crippen LogP contribution in [0.1, 0.15) is 33.4 Å². The minimum absolute atomic E-state index is 0.914. The van der Waals surface area contributed by atoms with Gasteiger partial charge in [-0.2, -0.15) is 0 Å². The Balaban J connectivity index is 1.14. The molecule has 3 aliphatic rings. The first kappa shape index (κ1) is 24.0. The molecule has 9 rings (SSSR count). The van der Waals surface area contributed by atoms with E-state index in [-0.39, 0.29) is 0 Å². The fourth-order valence-electron chi connectivity index (χ4n) is 6.97. The molecule has 43 heavy (non-hydrogen) atoms. The maximum atomic E-state index is 2.41. The minimum atomic E-state index is 0.914. The van der Waals surface area contributed by atoms with Gasteiger partial charge >= 0.3 is 0 Å². The smallest absolute Gasteiger partial charge is 0.0534 e. The standard InChI is InChI=1S/C41H28N2/c1-5-13-38-28(9-1)17-18-29-10-2-6-14-39(29)42(38)34-21-23-36-32(26-34)25-33-27-35(22-24-37(33)36)43-40-15-7-3-11-30(40)19-20-31-12-4-8-16-41(31)43/h1-24,26-27H,25H2. The zero-order chi connectivity index (χ0) is 28.3. The van der Waals surface area contributed by atoms with Gasteiger partial charge in [0.15, 0.2) is 0 Å². The lowest BCUT2D eigenvalue weighted by molar-refractivity contribution is 1.22. The van der Waals surface area contributed by atoms with Crippen molar-refractivity contribution in [2.45, 2.75) is 6.42 Å². The SMILES string of the molecule is C1=Cc2ccccc2N(c2ccc3c(c2)Cc2cc(N4c5ccccc5C=Cc5ccccc54)ccc2-3)c2ccccc21. The largest absolute Gasteiger partial charge is 0.309 e. The van der Waals surface area contributed by atoms with Crippen LogP contribution in [0.15, 0.2) is 133 Å². The van der Waals surface area contributed by atoms with Crippen LogP contribution in [-0.2, 0) is 6.42 Å². The number of fused-ring (bicyclic) bond motifs is 7. The monoisotopic (exact) mass is 548 g/mol. The van der Waals surface area contributed by atoms with Crippen LogP contribution < -0.4 is 9.80 Å². The van der Waals surface area contributed by atoms with Crippen molar-refractivity contribution in [3.63, 3.8) is 0 Å². The average Bonchev–Trinajstić information content (AvgIpc) is 3.21. The van der Waals surface area contributed by atoms with E-state index < -0.39 is 0 Å². The van der Waals surface area contributed by atoms with Crippen LogP contribution in [0.3, 0.4) is 0 Å². The number of rotatable bonds is 2. The molecule has 0 atom stereocenters. The molecule has 0 unspecified atom stereocenters. The van der Waals surface area contributed by atoms with Crippen LogP contribution in [0, 0.1) is 0 Å². The van der Waals surface area contributed by atoms with Crippen LogP contribution in [0.25, 0.3) is 35.4 Å². The highest BCUT2D eigenvalue weighted by atomic mass is 15.2. The average molecular weight is 549 g/mol. The first-order chi connectivity index (χ1) is 21.3. The maximum absolute atomic E-state index is 2.41. The first-order valence-electron chi connectivity index (χ1n) is 14.9. The van der Waals surface area contributed by atoms with E-state index in [2.05, 4.69) is 168 Å². The van der Waals surface area contributed by atoms with Crippen molar-refractivity contribution >= 4 is 58.4 Å². The molecule has 2 heteroatoms. The Kier molecular flexibility index (Phi) is 5.30. The summed E-state index contributed by atoms with van der Waals surface area (Å²) in [6, 6.07) is 48.7. The van der Waals surface area contributed by atoms with Crippen LogP contribution in [0.5, 0.6) is 0 Å². The molecule has 2 heterocycles. The van der Waals surface area contributed by atoms with Gasteiger partial charge in [-0.05, 0) is 99.5 Å². The highest BCUT2D eigenvalue weighted by Crippen LogP contribution is 2.47. The zero-order valence-corrected chi connectivity index (χ0v) is 23.6. The molecule has 2 nitrogen and oxygen atoms in total. The summed E-state index contributed by atoms with van der Waals surface area (Å²) in [5.74, 6) is 0. The van der Waals surface area contributed by atoms with E-state index in [1.54, 1.807) is 0 Å². The van der Waals surface area contributed by atoms with Crippen LogP contribution in [0.2, 0.25) is 0 Å². The number of hydrogen-bond acceptors (Lipinski definition) is 2. The van der Waals surface area contributed by atoms with Crippen molar-refractivity contribution in [3.8, 4) is 11.1 Å². The zero-order valence-electron chi connectivity index (χ0n) is 23.6. The molecule has 0 saturated carbocycles. The number of nitrogens with zero attached hydrogens (tertiary/aromatic N) is 2. The van der Waals surface area contributed by atoms with E-state index in [9.17, 15) is 0 Å². The Morgan fingerprint density at radius 3 is 1.02 bits per heavy atom. The predicted octanol–water partition coefficient (Wildman–Crippen LogP) is 11.2. The molecule has 202 valence electrons. The Morgan fingerprint density at radius 1 is 0.349 bits per heavy atom. The van der Waals surface area contributed by atoms with Gasteiger partial charge in [-0.25, -0.2) is 0 Å². The van der Waals surface area contributed by atoms with Crippen molar-refractivity contribution < 1.29 is 0 Å². The summed E-state index contributed by atoms with van der Waals surface area (Å²) < 4.78 is 0. The van der Waals surface area contributed by atoms with E-state index >= 15 is 0 Å². The molecule has 0 aromatic heterocycles. The molecule has 0 saturated heterocycles. The molecule has 0 fully saturated rings. The van der Waals surface area contributed by atoms with E-state index in [1.165, 1.54) is 78.6 Å². The van der Waals surface area contributed by atoms with Gasteiger partial charge in [0.2, 0.25) is 0 Å². The molecule has 0 N–H and O–H groups in total. The molecule has 6 aromatic rings. The lowest BCUT2D eigenvalue weighted by atomic mass is 10.0. The van der Waals surface area contributed by atoms with Gasteiger partial charge < -0.3 is 9.80 Å². The summed E-state index contributed by atoms with van der Waals surface area (Å²) in [5, 5.41) is 0. The number of benzene rings is 6. The molecule has 0 spiro atoms. The second kappa shape index (κ2) is 9.47. The summed E-state index contributed by atoms with van der Waals surface area (Å²) in [5.41, 5.74) is 17.5. The first-order valence-corrected chi connectivity index (χ1v) is 14.9. The molecule has 6 aromatic carbocycles. The third kappa shape index (κ3) is 3.80. The molecule has 0 amide bonds. The van der Waals surface area contributed by atoms with Gasteiger partial charge in [-0.1, -0.05) is 109 Å². The Hall–Kier alpha value is -5.60. The van der Waals surface area contributed by atoms with Gasteiger partial charge in [0.05, 0.1) is 22.7 Å². The lowest BCUT2D eigenvalue weighted by Gasteiger charge is -2.27. The van der Waals surface area contributed by atoms with Gasteiger partial charge in [0, 0.05) is 11.4 Å². The molecule has 2 aliphatic heterocycles. The van der Waals surface area contributed by atoms with Gasteiger partial charge in [-0.3, -0.25) is 0 Å². The van der Waals surface area contributed by atoms with Crippen LogP contribution in [-0.4, -0.2) is 0 Å².